The van der Waals surface area contributed by atoms with Crippen LogP contribution in [0.1, 0.15) is 22.5 Å². The van der Waals surface area contributed by atoms with Gasteiger partial charge in [0.15, 0.2) is 0 Å². The van der Waals surface area contributed by atoms with Crippen molar-refractivity contribution in [3.63, 3.8) is 0 Å². The molecule has 10 heteroatoms. The minimum atomic E-state index is -3.68. The Morgan fingerprint density at radius 3 is 2.42 bits per heavy atom. The van der Waals surface area contributed by atoms with Crippen LogP contribution in [0.25, 0.3) is 10.4 Å². The Hall–Kier alpha value is -3.08. The van der Waals surface area contributed by atoms with E-state index in [4.69, 9.17) is 0 Å². The van der Waals surface area contributed by atoms with Crippen LogP contribution in [0.3, 0.4) is 0 Å². The lowest BCUT2D eigenvalue weighted by atomic mass is 9.99. The molecule has 2 amide bonds. The zero-order chi connectivity index (χ0) is 23.4. The third-order valence-electron chi connectivity index (χ3n) is 5.39. The number of hydrogen-bond donors (Lipinski definition) is 2. The summed E-state index contributed by atoms with van der Waals surface area (Å²) >= 11 is 1.22. The predicted octanol–water partition coefficient (Wildman–Crippen LogP) is 3.42. The van der Waals surface area contributed by atoms with Gasteiger partial charge in [0.25, 0.3) is 5.91 Å². The van der Waals surface area contributed by atoms with E-state index in [9.17, 15) is 22.4 Å². The predicted molar refractivity (Wildman–Crippen MR) is 123 cm³/mol. The number of halogens is 1. The third kappa shape index (κ3) is 5.29. The highest BCUT2D eigenvalue weighted by Crippen LogP contribution is 2.28. The van der Waals surface area contributed by atoms with Gasteiger partial charge in [-0.15, -0.1) is 11.3 Å². The highest BCUT2D eigenvalue weighted by atomic mass is 32.2. The lowest BCUT2D eigenvalue weighted by Gasteiger charge is -2.31. The maximum Gasteiger partial charge on any atom is 0.279 e. The molecular weight excluding hydrogens is 465 g/mol. The summed E-state index contributed by atoms with van der Waals surface area (Å²) in [6.07, 6.45) is 1.07. The highest BCUT2D eigenvalue weighted by Gasteiger charge is 2.33. The highest BCUT2D eigenvalue weighted by molar-refractivity contribution is 7.89. The molecule has 2 N–H and O–H groups in total. The van der Waals surface area contributed by atoms with Crippen molar-refractivity contribution in [2.75, 3.05) is 13.1 Å². The summed E-state index contributed by atoms with van der Waals surface area (Å²) in [6, 6.07) is 17.4. The van der Waals surface area contributed by atoms with Crippen LogP contribution in [0.4, 0.5) is 4.39 Å². The Morgan fingerprint density at radius 1 is 0.970 bits per heavy atom. The zero-order valence-electron chi connectivity index (χ0n) is 17.5. The van der Waals surface area contributed by atoms with Gasteiger partial charge in [0.05, 0.1) is 15.7 Å². The first-order valence-corrected chi connectivity index (χ1v) is 12.6. The largest absolute Gasteiger partial charge is 0.279 e. The molecule has 33 heavy (non-hydrogen) atoms. The molecule has 0 spiro atoms. The Balaban J connectivity index is 1.35. The van der Waals surface area contributed by atoms with Gasteiger partial charge in [-0.25, -0.2) is 12.8 Å². The standard InChI is InChI=1S/C23H22FN3O4S2/c24-18-10-8-16(9-11-18)20-12-13-21(32-20)23(29)26-25-22(28)17-5-4-14-27(15-17)33(30,31)19-6-2-1-3-7-19/h1-3,6-13,17H,4-5,14-15H2,(H,25,28)(H,26,29). The average Bonchev–Trinajstić information content (AvgIpc) is 3.34. The lowest BCUT2D eigenvalue weighted by molar-refractivity contribution is -0.126. The summed E-state index contributed by atoms with van der Waals surface area (Å²) in [6.45, 7) is 0.390. The number of carbonyl (C=O) groups is 2. The molecule has 1 saturated heterocycles. The second-order valence-corrected chi connectivity index (χ2v) is 10.7. The Morgan fingerprint density at radius 2 is 1.70 bits per heavy atom. The van der Waals surface area contributed by atoms with E-state index in [1.165, 1.54) is 39.9 Å². The van der Waals surface area contributed by atoms with Crippen molar-refractivity contribution < 1.29 is 22.4 Å². The molecule has 0 aliphatic carbocycles. The number of rotatable bonds is 5. The number of amides is 2. The van der Waals surface area contributed by atoms with Crippen LogP contribution in [0.15, 0.2) is 71.6 Å². The second kappa shape index (κ2) is 9.82. The number of thiophene rings is 1. The van der Waals surface area contributed by atoms with Gasteiger partial charge in [-0.05, 0) is 54.8 Å². The number of nitrogens with one attached hydrogen (secondary N) is 2. The molecule has 1 fully saturated rings. The molecule has 0 saturated carbocycles. The van der Waals surface area contributed by atoms with Crippen molar-refractivity contribution in [3.8, 4) is 10.4 Å². The number of carbonyl (C=O) groups excluding carboxylic acids is 2. The van der Waals surface area contributed by atoms with Crippen LogP contribution in [-0.4, -0.2) is 37.6 Å². The summed E-state index contributed by atoms with van der Waals surface area (Å²) in [5.41, 5.74) is 5.60. The first kappa shape index (κ1) is 23.1. The molecule has 1 aliphatic rings. The number of piperidine rings is 1. The molecule has 2 heterocycles. The van der Waals surface area contributed by atoms with Gasteiger partial charge in [-0.3, -0.25) is 20.4 Å². The van der Waals surface area contributed by atoms with E-state index >= 15 is 0 Å². The van der Waals surface area contributed by atoms with E-state index < -0.39 is 27.8 Å². The van der Waals surface area contributed by atoms with Gasteiger partial charge >= 0.3 is 0 Å². The summed E-state index contributed by atoms with van der Waals surface area (Å²) in [5, 5.41) is 0. The monoisotopic (exact) mass is 487 g/mol. The molecule has 1 aromatic heterocycles. The Labute approximate surface area is 195 Å². The number of benzene rings is 2. The summed E-state index contributed by atoms with van der Waals surface area (Å²) in [7, 11) is -3.68. The minimum Gasteiger partial charge on any atom is -0.273 e. The molecule has 4 rings (SSSR count). The maximum absolute atomic E-state index is 13.1. The van der Waals surface area contributed by atoms with Gasteiger partial charge in [0.2, 0.25) is 15.9 Å². The van der Waals surface area contributed by atoms with Gasteiger partial charge in [0, 0.05) is 18.0 Å². The zero-order valence-corrected chi connectivity index (χ0v) is 19.2. The van der Waals surface area contributed by atoms with E-state index in [0.717, 1.165) is 10.4 Å². The molecule has 3 aromatic rings. The molecule has 2 aromatic carbocycles. The first-order valence-electron chi connectivity index (χ1n) is 10.4. The van der Waals surface area contributed by atoms with Gasteiger partial charge in [0.1, 0.15) is 5.82 Å². The summed E-state index contributed by atoms with van der Waals surface area (Å²) in [5.74, 6) is -1.83. The van der Waals surface area contributed by atoms with E-state index in [0.29, 0.717) is 24.3 Å². The van der Waals surface area contributed by atoms with Crippen LogP contribution in [0.2, 0.25) is 0 Å². The fraction of sp³-hybridized carbons (Fsp3) is 0.217. The lowest BCUT2D eigenvalue weighted by Crippen LogP contribution is -2.49. The molecular formula is C23H22FN3O4S2. The quantitative estimate of drug-likeness (QED) is 0.539. The van der Waals surface area contributed by atoms with Crippen molar-refractivity contribution in [1.29, 1.82) is 0 Å². The molecule has 1 unspecified atom stereocenters. The fourth-order valence-corrected chi connectivity index (χ4v) is 6.08. The first-order chi connectivity index (χ1) is 15.8. The van der Waals surface area contributed by atoms with Crippen molar-refractivity contribution in [2.24, 2.45) is 5.92 Å². The average molecular weight is 488 g/mol. The van der Waals surface area contributed by atoms with Crippen LogP contribution >= 0.6 is 11.3 Å². The Kier molecular flexibility index (Phi) is 6.87. The topological polar surface area (TPSA) is 95.6 Å². The normalized spacial score (nSPS) is 16.8. The summed E-state index contributed by atoms with van der Waals surface area (Å²) in [4.78, 5) is 26.4. The molecule has 1 atom stereocenters. The molecule has 0 bridgehead atoms. The number of nitrogens with zero attached hydrogens (tertiary/aromatic N) is 1. The molecule has 172 valence electrons. The van der Waals surface area contributed by atoms with Crippen molar-refractivity contribution in [2.45, 2.75) is 17.7 Å². The van der Waals surface area contributed by atoms with E-state index in [2.05, 4.69) is 10.9 Å². The number of hydrogen-bond acceptors (Lipinski definition) is 5. The van der Waals surface area contributed by atoms with E-state index in [-0.39, 0.29) is 17.3 Å². The third-order valence-corrected chi connectivity index (χ3v) is 8.41. The maximum atomic E-state index is 13.1. The van der Waals surface area contributed by atoms with Gasteiger partial charge < -0.3 is 0 Å². The van der Waals surface area contributed by atoms with Crippen molar-refractivity contribution in [1.82, 2.24) is 15.2 Å². The van der Waals surface area contributed by atoms with Gasteiger partial charge in [-0.2, -0.15) is 4.31 Å². The van der Waals surface area contributed by atoms with Crippen molar-refractivity contribution in [3.05, 3.63) is 77.4 Å². The van der Waals surface area contributed by atoms with Crippen LogP contribution < -0.4 is 10.9 Å². The van der Waals surface area contributed by atoms with Crippen molar-refractivity contribution >= 4 is 33.2 Å². The molecule has 1 aliphatic heterocycles. The minimum absolute atomic E-state index is 0.0483. The molecule has 0 radical (unpaired) electrons. The fourth-order valence-electron chi connectivity index (χ4n) is 3.63. The Bertz CT molecular complexity index is 1240. The number of sulfonamides is 1. The van der Waals surface area contributed by atoms with E-state index in [1.54, 1.807) is 42.5 Å². The van der Waals surface area contributed by atoms with E-state index in [1.807, 2.05) is 0 Å². The SMILES string of the molecule is O=C(NNC(=O)C1CCCN(S(=O)(=O)c2ccccc2)C1)c1ccc(-c2ccc(F)cc2)s1. The van der Waals surface area contributed by atoms with Crippen LogP contribution in [0, 0.1) is 11.7 Å². The molecule has 7 nitrogen and oxygen atoms in total. The summed E-state index contributed by atoms with van der Waals surface area (Å²) < 4.78 is 40.1. The van der Waals surface area contributed by atoms with Crippen LogP contribution in [0.5, 0.6) is 0 Å². The second-order valence-electron chi connectivity index (χ2n) is 7.63. The van der Waals surface area contributed by atoms with Crippen LogP contribution in [-0.2, 0) is 14.8 Å². The smallest absolute Gasteiger partial charge is 0.273 e. The van der Waals surface area contributed by atoms with Gasteiger partial charge in [-0.1, -0.05) is 30.3 Å². The number of hydrazine groups is 1.